The summed E-state index contributed by atoms with van der Waals surface area (Å²) in [6, 6.07) is 12.1. The van der Waals surface area contributed by atoms with Crippen LogP contribution in [0.15, 0.2) is 47.4 Å². The minimum absolute atomic E-state index is 0.208. The summed E-state index contributed by atoms with van der Waals surface area (Å²) in [6.07, 6.45) is 0. The molecule has 3 aromatic rings. The molecular weight excluding hydrogens is 435 g/mol. The Kier molecular flexibility index (Phi) is 4.24. The van der Waals surface area contributed by atoms with Gasteiger partial charge < -0.3 is 4.74 Å². The number of para-hydroxylation sites is 1. The lowest BCUT2D eigenvalue weighted by atomic mass is 10.3. The van der Waals surface area contributed by atoms with Crippen LogP contribution in [0.1, 0.15) is 0 Å². The highest BCUT2D eigenvalue weighted by Gasteiger charge is 2.17. The van der Waals surface area contributed by atoms with E-state index < -0.39 is 10.0 Å². The van der Waals surface area contributed by atoms with Gasteiger partial charge in [-0.2, -0.15) is 0 Å². The zero-order valence-electron chi connectivity index (χ0n) is 11.4. The van der Waals surface area contributed by atoms with Crippen LogP contribution in [-0.2, 0) is 10.0 Å². The van der Waals surface area contributed by atoms with Gasteiger partial charge in [0.25, 0.3) is 10.0 Å². The summed E-state index contributed by atoms with van der Waals surface area (Å²) in [7, 11) is -2.08. The van der Waals surface area contributed by atoms with Crippen molar-refractivity contribution >= 4 is 59.3 Å². The molecule has 0 amide bonds. The molecule has 0 bridgehead atoms. The van der Waals surface area contributed by atoms with Crippen molar-refractivity contribution in [3.05, 3.63) is 46.0 Å². The third-order valence-electron chi connectivity index (χ3n) is 2.95. The summed E-state index contributed by atoms with van der Waals surface area (Å²) in [6.45, 7) is 0. The molecule has 0 aliphatic heterocycles. The van der Waals surface area contributed by atoms with Crippen LogP contribution in [0, 0.1) is 3.57 Å². The third kappa shape index (κ3) is 3.03. The van der Waals surface area contributed by atoms with Crippen LogP contribution in [0.3, 0.4) is 0 Å². The van der Waals surface area contributed by atoms with Gasteiger partial charge in [0.05, 0.1) is 16.7 Å². The van der Waals surface area contributed by atoms with E-state index in [1.165, 1.54) is 11.3 Å². The fraction of sp³-hybridized carbons (Fsp3) is 0.0714. The first-order chi connectivity index (χ1) is 10.5. The van der Waals surface area contributed by atoms with E-state index >= 15 is 0 Å². The average molecular weight is 446 g/mol. The Balaban J connectivity index is 1.97. The maximum absolute atomic E-state index is 12.4. The van der Waals surface area contributed by atoms with Crippen LogP contribution in [0.2, 0.25) is 0 Å². The predicted molar refractivity (Wildman–Crippen MR) is 96.1 cm³/mol. The molecule has 1 aromatic heterocycles. The molecule has 0 saturated heterocycles. The molecule has 0 spiro atoms. The number of rotatable bonds is 4. The van der Waals surface area contributed by atoms with Gasteiger partial charge in [-0.25, -0.2) is 13.4 Å². The Morgan fingerprint density at radius 1 is 1.18 bits per heavy atom. The van der Waals surface area contributed by atoms with Gasteiger partial charge in [0.1, 0.15) is 11.3 Å². The van der Waals surface area contributed by atoms with Crippen molar-refractivity contribution in [2.75, 3.05) is 11.8 Å². The summed E-state index contributed by atoms with van der Waals surface area (Å²) in [4.78, 5) is 4.52. The number of benzene rings is 2. The van der Waals surface area contributed by atoms with Gasteiger partial charge in [-0.15, -0.1) is 0 Å². The molecule has 0 saturated carbocycles. The van der Waals surface area contributed by atoms with Gasteiger partial charge >= 0.3 is 0 Å². The number of aromatic nitrogens is 1. The topological polar surface area (TPSA) is 68.3 Å². The second-order valence-electron chi connectivity index (χ2n) is 4.39. The van der Waals surface area contributed by atoms with E-state index in [-0.39, 0.29) is 4.90 Å². The first-order valence-electron chi connectivity index (χ1n) is 6.21. The molecule has 0 unspecified atom stereocenters. The number of ether oxygens (including phenoxy) is 1. The Morgan fingerprint density at radius 3 is 2.59 bits per heavy atom. The molecule has 1 N–H and O–H groups in total. The first kappa shape index (κ1) is 15.5. The molecule has 2 aromatic carbocycles. The average Bonchev–Trinajstić information content (AvgIpc) is 2.89. The highest BCUT2D eigenvalue weighted by molar-refractivity contribution is 14.1. The Morgan fingerprint density at radius 2 is 1.91 bits per heavy atom. The quantitative estimate of drug-likeness (QED) is 0.621. The number of sulfonamides is 1. The smallest absolute Gasteiger partial charge is 0.263 e. The van der Waals surface area contributed by atoms with Gasteiger partial charge in [-0.3, -0.25) is 4.72 Å². The maximum atomic E-state index is 12.4. The van der Waals surface area contributed by atoms with E-state index in [1.54, 1.807) is 37.4 Å². The molecule has 3 rings (SSSR count). The van der Waals surface area contributed by atoms with Crippen LogP contribution in [0.5, 0.6) is 5.75 Å². The molecule has 1 heterocycles. The lowest BCUT2D eigenvalue weighted by Crippen LogP contribution is -2.12. The minimum atomic E-state index is -3.64. The number of anilines is 1. The first-order valence-corrected chi connectivity index (χ1v) is 9.59. The zero-order valence-corrected chi connectivity index (χ0v) is 15.2. The van der Waals surface area contributed by atoms with Crippen LogP contribution < -0.4 is 9.46 Å². The van der Waals surface area contributed by atoms with Crippen LogP contribution >= 0.6 is 33.9 Å². The summed E-state index contributed by atoms with van der Waals surface area (Å²) in [5.74, 6) is 0.619. The Hall–Kier alpha value is -1.39. The Bertz CT molecular complexity index is 921. The van der Waals surface area contributed by atoms with E-state index in [2.05, 4.69) is 32.3 Å². The second kappa shape index (κ2) is 6.01. The summed E-state index contributed by atoms with van der Waals surface area (Å²) >= 11 is 3.39. The van der Waals surface area contributed by atoms with E-state index in [1.807, 2.05) is 12.1 Å². The molecule has 0 aliphatic rings. The summed E-state index contributed by atoms with van der Waals surface area (Å²) in [5, 5.41) is 0.318. The zero-order chi connectivity index (χ0) is 15.7. The van der Waals surface area contributed by atoms with Gasteiger partial charge in [0, 0.05) is 3.57 Å². The fourth-order valence-electron chi connectivity index (χ4n) is 1.92. The lowest BCUT2D eigenvalue weighted by molar-refractivity contribution is 0.419. The number of fused-ring (bicyclic) bond motifs is 1. The maximum Gasteiger partial charge on any atom is 0.263 e. The normalized spacial score (nSPS) is 11.5. The van der Waals surface area contributed by atoms with Gasteiger partial charge in [0.15, 0.2) is 5.13 Å². The van der Waals surface area contributed by atoms with Crippen molar-refractivity contribution in [2.45, 2.75) is 4.90 Å². The standard InChI is InChI=1S/C14H11IN2O3S2/c1-20-11-3-2-4-12-13(11)16-14(21-12)17-22(18,19)10-7-5-9(15)6-8-10/h2-8H,1H3,(H,16,17). The number of halogens is 1. The number of methoxy groups -OCH3 is 1. The van der Waals surface area contributed by atoms with Gasteiger partial charge in [-0.05, 0) is 59.0 Å². The van der Waals surface area contributed by atoms with E-state index in [4.69, 9.17) is 4.74 Å². The number of nitrogens with one attached hydrogen (secondary N) is 1. The van der Waals surface area contributed by atoms with Crippen molar-refractivity contribution in [1.82, 2.24) is 4.98 Å². The van der Waals surface area contributed by atoms with Crippen LogP contribution in [0.4, 0.5) is 5.13 Å². The number of hydrogen-bond donors (Lipinski definition) is 1. The van der Waals surface area contributed by atoms with Gasteiger partial charge in [-0.1, -0.05) is 17.4 Å². The molecule has 22 heavy (non-hydrogen) atoms. The highest BCUT2D eigenvalue weighted by atomic mass is 127. The predicted octanol–water partition coefficient (Wildman–Crippen LogP) is 3.71. The number of hydrogen-bond acceptors (Lipinski definition) is 5. The summed E-state index contributed by atoms with van der Waals surface area (Å²) in [5.41, 5.74) is 0.648. The molecule has 8 heteroatoms. The van der Waals surface area contributed by atoms with E-state index in [0.717, 1.165) is 8.27 Å². The van der Waals surface area contributed by atoms with Crippen molar-refractivity contribution in [1.29, 1.82) is 0 Å². The molecule has 0 fully saturated rings. The van der Waals surface area contributed by atoms with Crippen LogP contribution in [-0.4, -0.2) is 20.5 Å². The second-order valence-corrected chi connectivity index (χ2v) is 8.34. The van der Waals surface area contributed by atoms with E-state index in [0.29, 0.717) is 16.4 Å². The van der Waals surface area contributed by atoms with Crippen LogP contribution in [0.25, 0.3) is 10.2 Å². The number of thiazole rings is 1. The van der Waals surface area contributed by atoms with Crippen molar-refractivity contribution < 1.29 is 13.2 Å². The molecule has 0 aliphatic carbocycles. The van der Waals surface area contributed by atoms with Gasteiger partial charge in [0.2, 0.25) is 0 Å². The Labute approximate surface area is 145 Å². The molecule has 5 nitrogen and oxygen atoms in total. The fourth-order valence-corrected chi connectivity index (χ4v) is 4.40. The van der Waals surface area contributed by atoms with Crippen molar-refractivity contribution in [3.8, 4) is 5.75 Å². The monoisotopic (exact) mass is 446 g/mol. The third-order valence-corrected chi connectivity index (χ3v) is 6.09. The van der Waals surface area contributed by atoms with Crippen molar-refractivity contribution in [2.24, 2.45) is 0 Å². The van der Waals surface area contributed by atoms with E-state index in [9.17, 15) is 8.42 Å². The molecule has 114 valence electrons. The highest BCUT2D eigenvalue weighted by Crippen LogP contribution is 2.33. The largest absolute Gasteiger partial charge is 0.494 e. The molecular formula is C14H11IN2O3S2. The number of nitrogens with zero attached hydrogens (tertiary/aromatic N) is 1. The summed E-state index contributed by atoms with van der Waals surface area (Å²) < 4.78 is 34.3. The van der Waals surface area contributed by atoms with Crippen molar-refractivity contribution in [3.63, 3.8) is 0 Å². The lowest BCUT2D eigenvalue weighted by Gasteiger charge is -2.04. The minimum Gasteiger partial charge on any atom is -0.494 e. The molecule has 0 atom stereocenters. The SMILES string of the molecule is COc1cccc2sc(NS(=O)(=O)c3ccc(I)cc3)nc12. The molecule has 0 radical (unpaired) electrons.